The standard InChI is InChI=1S/C12H19NO3/c1-8(12(15)13-9-2-3-9)16-11-6-4-10(14)5-7-11/h8-9,11H,2-7H2,1H3,(H,13,15). The van der Waals surface area contributed by atoms with Gasteiger partial charge in [0, 0.05) is 18.9 Å². The summed E-state index contributed by atoms with van der Waals surface area (Å²) in [6, 6.07) is 0.381. The molecular weight excluding hydrogens is 206 g/mol. The van der Waals surface area contributed by atoms with Crippen LogP contribution in [0.3, 0.4) is 0 Å². The topological polar surface area (TPSA) is 55.4 Å². The number of ketones is 1. The van der Waals surface area contributed by atoms with Gasteiger partial charge in [-0.1, -0.05) is 0 Å². The molecule has 0 aromatic rings. The molecule has 1 unspecified atom stereocenters. The largest absolute Gasteiger partial charge is 0.365 e. The molecule has 0 aliphatic heterocycles. The molecule has 2 rings (SSSR count). The number of ether oxygens (including phenoxy) is 1. The fourth-order valence-electron chi connectivity index (χ4n) is 1.95. The Morgan fingerprint density at radius 3 is 2.50 bits per heavy atom. The van der Waals surface area contributed by atoms with Crippen LogP contribution in [0, 0.1) is 0 Å². The van der Waals surface area contributed by atoms with Gasteiger partial charge in [-0.15, -0.1) is 0 Å². The Balaban J connectivity index is 1.70. The minimum atomic E-state index is -0.390. The molecule has 0 saturated heterocycles. The van der Waals surface area contributed by atoms with Crippen LogP contribution in [0.15, 0.2) is 0 Å². The Morgan fingerprint density at radius 1 is 1.31 bits per heavy atom. The van der Waals surface area contributed by atoms with Gasteiger partial charge >= 0.3 is 0 Å². The third kappa shape index (κ3) is 3.30. The maximum absolute atomic E-state index is 11.6. The first-order valence-electron chi connectivity index (χ1n) is 6.12. The Bertz CT molecular complexity index is 276. The highest BCUT2D eigenvalue weighted by molar-refractivity contribution is 5.81. The number of amides is 1. The summed E-state index contributed by atoms with van der Waals surface area (Å²) in [5.41, 5.74) is 0. The van der Waals surface area contributed by atoms with Gasteiger partial charge in [0.2, 0.25) is 5.91 Å². The van der Waals surface area contributed by atoms with E-state index in [2.05, 4.69) is 5.32 Å². The lowest BCUT2D eigenvalue weighted by Crippen LogP contribution is -2.38. The second-order valence-corrected chi connectivity index (χ2v) is 4.80. The number of hydrogen-bond donors (Lipinski definition) is 1. The van der Waals surface area contributed by atoms with E-state index in [1.54, 1.807) is 6.92 Å². The van der Waals surface area contributed by atoms with Crippen molar-refractivity contribution < 1.29 is 14.3 Å². The summed E-state index contributed by atoms with van der Waals surface area (Å²) in [6.07, 6.45) is 4.60. The molecule has 4 nitrogen and oxygen atoms in total. The zero-order chi connectivity index (χ0) is 11.5. The third-order valence-corrected chi connectivity index (χ3v) is 3.18. The second kappa shape index (κ2) is 4.95. The molecule has 2 aliphatic rings. The van der Waals surface area contributed by atoms with Crippen molar-refractivity contribution in [3.8, 4) is 0 Å². The molecule has 2 saturated carbocycles. The van der Waals surface area contributed by atoms with Gasteiger partial charge in [0.05, 0.1) is 6.10 Å². The first-order valence-corrected chi connectivity index (χ1v) is 6.12. The van der Waals surface area contributed by atoms with Crippen LogP contribution in [0.1, 0.15) is 45.4 Å². The summed E-state index contributed by atoms with van der Waals surface area (Å²) < 4.78 is 5.67. The Kier molecular flexibility index (Phi) is 3.59. The molecule has 2 fully saturated rings. The highest BCUT2D eigenvalue weighted by atomic mass is 16.5. The van der Waals surface area contributed by atoms with Gasteiger partial charge in [0.1, 0.15) is 11.9 Å². The van der Waals surface area contributed by atoms with E-state index in [4.69, 9.17) is 4.74 Å². The summed E-state index contributed by atoms with van der Waals surface area (Å²) >= 11 is 0. The number of carbonyl (C=O) groups is 2. The minimum Gasteiger partial charge on any atom is -0.365 e. The number of hydrogen-bond acceptors (Lipinski definition) is 3. The lowest BCUT2D eigenvalue weighted by molar-refractivity contribution is -0.138. The Hall–Kier alpha value is -0.900. The highest BCUT2D eigenvalue weighted by Crippen LogP contribution is 2.21. The maximum Gasteiger partial charge on any atom is 0.249 e. The smallest absolute Gasteiger partial charge is 0.249 e. The van der Waals surface area contributed by atoms with Gasteiger partial charge in [-0.3, -0.25) is 9.59 Å². The van der Waals surface area contributed by atoms with Crippen molar-refractivity contribution >= 4 is 11.7 Å². The summed E-state index contributed by atoms with van der Waals surface area (Å²) in [7, 11) is 0. The molecular formula is C12H19NO3. The summed E-state index contributed by atoms with van der Waals surface area (Å²) in [5.74, 6) is 0.300. The van der Waals surface area contributed by atoms with Crippen LogP contribution in [-0.2, 0) is 14.3 Å². The van der Waals surface area contributed by atoms with Gasteiger partial charge in [-0.05, 0) is 32.6 Å². The van der Waals surface area contributed by atoms with Gasteiger partial charge in [0.15, 0.2) is 0 Å². The van der Waals surface area contributed by atoms with Crippen molar-refractivity contribution in [3.05, 3.63) is 0 Å². The maximum atomic E-state index is 11.6. The molecule has 0 bridgehead atoms. The monoisotopic (exact) mass is 225 g/mol. The molecule has 0 heterocycles. The van der Waals surface area contributed by atoms with Crippen molar-refractivity contribution in [3.63, 3.8) is 0 Å². The molecule has 1 amide bonds. The second-order valence-electron chi connectivity index (χ2n) is 4.80. The fraction of sp³-hybridized carbons (Fsp3) is 0.833. The van der Waals surface area contributed by atoms with Crippen molar-refractivity contribution in [2.75, 3.05) is 0 Å². The lowest BCUT2D eigenvalue weighted by Gasteiger charge is -2.24. The Morgan fingerprint density at radius 2 is 1.94 bits per heavy atom. The van der Waals surface area contributed by atoms with Crippen LogP contribution < -0.4 is 5.32 Å². The summed E-state index contributed by atoms with van der Waals surface area (Å²) in [4.78, 5) is 22.7. The van der Waals surface area contributed by atoms with Crippen molar-refractivity contribution in [1.82, 2.24) is 5.32 Å². The predicted octanol–water partition coefficient (Wildman–Crippen LogP) is 1.18. The third-order valence-electron chi connectivity index (χ3n) is 3.18. The van der Waals surface area contributed by atoms with E-state index >= 15 is 0 Å². The SMILES string of the molecule is CC(OC1CCC(=O)CC1)C(=O)NC1CC1. The van der Waals surface area contributed by atoms with E-state index in [0.29, 0.717) is 24.7 Å². The molecule has 2 aliphatic carbocycles. The van der Waals surface area contributed by atoms with E-state index in [9.17, 15) is 9.59 Å². The molecule has 1 atom stereocenters. The van der Waals surface area contributed by atoms with E-state index in [-0.39, 0.29) is 18.1 Å². The molecule has 1 N–H and O–H groups in total. The number of nitrogens with one attached hydrogen (secondary N) is 1. The van der Waals surface area contributed by atoms with Crippen LogP contribution in [0.25, 0.3) is 0 Å². The van der Waals surface area contributed by atoms with Gasteiger partial charge in [-0.25, -0.2) is 0 Å². The summed E-state index contributed by atoms with van der Waals surface area (Å²) in [5, 5.41) is 2.92. The quantitative estimate of drug-likeness (QED) is 0.781. The normalized spacial score (nSPS) is 24.2. The first-order chi connectivity index (χ1) is 7.65. The molecule has 0 radical (unpaired) electrons. The van der Waals surface area contributed by atoms with Crippen LogP contribution >= 0.6 is 0 Å². The molecule has 4 heteroatoms. The van der Waals surface area contributed by atoms with Gasteiger partial charge in [-0.2, -0.15) is 0 Å². The zero-order valence-electron chi connectivity index (χ0n) is 9.70. The highest BCUT2D eigenvalue weighted by Gasteiger charge is 2.28. The van der Waals surface area contributed by atoms with E-state index in [0.717, 1.165) is 25.7 Å². The molecule has 0 aromatic heterocycles. The van der Waals surface area contributed by atoms with Gasteiger partial charge < -0.3 is 10.1 Å². The van der Waals surface area contributed by atoms with Crippen LogP contribution in [0.5, 0.6) is 0 Å². The molecule has 0 aromatic carbocycles. The van der Waals surface area contributed by atoms with Crippen molar-refractivity contribution in [1.29, 1.82) is 0 Å². The van der Waals surface area contributed by atoms with Crippen LogP contribution in [0.4, 0.5) is 0 Å². The van der Waals surface area contributed by atoms with Crippen molar-refractivity contribution in [2.24, 2.45) is 0 Å². The minimum absolute atomic E-state index is 0.0144. The average molecular weight is 225 g/mol. The van der Waals surface area contributed by atoms with E-state index < -0.39 is 0 Å². The van der Waals surface area contributed by atoms with Crippen LogP contribution in [-0.4, -0.2) is 29.9 Å². The average Bonchev–Trinajstić information content (AvgIpc) is 3.05. The lowest BCUT2D eigenvalue weighted by atomic mass is 9.96. The fourth-order valence-corrected chi connectivity index (χ4v) is 1.95. The van der Waals surface area contributed by atoms with E-state index in [1.807, 2.05) is 0 Å². The molecule has 90 valence electrons. The van der Waals surface area contributed by atoms with Crippen LogP contribution in [0.2, 0.25) is 0 Å². The van der Waals surface area contributed by atoms with Gasteiger partial charge in [0.25, 0.3) is 0 Å². The van der Waals surface area contributed by atoms with E-state index in [1.165, 1.54) is 0 Å². The zero-order valence-corrected chi connectivity index (χ0v) is 9.70. The molecule has 16 heavy (non-hydrogen) atoms. The summed E-state index contributed by atoms with van der Waals surface area (Å²) in [6.45, 7) is 1.79. The van der Waals surface area contributed by atoms with Crippen molar-refractivity contribution in [2.45, 2.75) is 63.7 Å². The number of carbonyl (C=O) groups excluding carboxylic acids is 2. The number of Topliss-reactive ketones (excluding diaryl/α,β-unsaturated/α-hetero) is 1. The predicted molar refractivity (Wildman–Crippen MR) is 59.0 cm³/mol. The number of rotatable bonds is 4. The first kappa shape index (κ1) is 11.6. The Labute approximate surface area is 95.7 Å². The molecule has 0 spiro atoms.